The van der Waals surface area contributed by atoms with E-state index in [-0.39, 0.29) is 19.6 Å². The molecule has 1 aliphatic heterocycles. The van der Waals surface area contributed by atoms with Crippen molar-refractivity contribution in [2.45, 2.75) is 44.2 Å². The molecule has 6 rings (SSSR count). The Balaban J connectivity index is 0.00000294. The molecule has 1 saturated carbocycles. The Bertz CT molecular complexity index is 1490. The summed E-state index contributed by atoms with van der Waals surface area (Å²) >= 11 is 0. The van der Waals surface area contributed by atoms with E-state index in [0.717, 1.165) is 28.9 Å². The summed E-state index contributed by atoms with van der Waals surface area (Å²) in [7, 11) is 0. The number of hydrogen-bond acceptors (Lipinski definition) is 4. The van der Waals surface area contributed by atoms with Gasteiger partial charge in [0.25, 0.3) is 5.91 Å². The van der Waals surface area contributed by atoms with Gasteiger partial charge in [-0.25, -0.2) is 9.38 Å². The lowest BCUT2D eigenvalue weighted by Gasteiger charge is -2.23. The van der Waals surface area contributed by atoms with Crippen LogP contribution in [0, 0.1) is 11.8 Å². The van der Waals surface area contributed by atoms with Crippen molar-refractivity contribution >= 4 is 17.3 Å². The number of nitrogens with zero attached hydrogens (tertiary/aromatic N) is 2. The number of allylic oxidation sites excluding steroid dienone is 4. The molecule has 4 aliphatic rings. The third-order valence-corrected chi connectivity index (χ3v) is 7.28. The van der Waals surface area contributed by atoms with E-state index in [4.69, 9.17) is 10.4 Å². The van der Waals surface area contributed by atoms with Gasteiger partial charge < -0.3 is 5.32 Å². The van der Waals surface area contributed by atoms with E-state index in [1.165, 1.54) is 18.4 Å². The van der Waals surface area contributed by atoms with Crippen LogP contribution in [-0.4, -0.2) is 28.9 Å². The molecule has 3 aliphatic carbocycles. The van der Waals surface area contributed by atoms with Crippen LogP contribution in [0.1, 0.15) is 66.4 Å². The number of fused-ring (bicyclic) bond motifs is 1. The van der Waals surface area contributed by atoms with Crippen LogP contribution < -0.4 is 5.32 Å². The van der Waals surface area contributed by atoms with Gasteiger partial charge in [0.2, 0.25) is 0 Å². The fourth-order valence-electron chi connectivity index (χ4n) is 4.99. The van der Waals surface area contributed by atoms with Crippen molar-refractivity contribution in [3.63, 3.8) is 0 Å². The topological polar surface area (TPSA) is 78.2 Å². The SMILES string of the molecule is C=C(/C=C1/N=C(c2cccc(C3CC3)n2)C=CC1=N)CNC(=O)c1ccc2c(c1)[C@](C)(F)CC1=C([CH]1)C2.[HH]. The maximum atomic E-state index is 15.4. The summed E-state index contributed by atoms with van der Waals surface area (Å²) < 4.78 is 15.4. The minimum atomic E-state index is -1.50. The highest BCUT2D eigenvalue weighted by Crippen LogP contribution is 2.48. The van der Waals surface area contributed by atoms with E-state index >= 15 is 4.39 Å². The lowest BCUT2D eigenvalue weighted by Crippen LogP contribution is -2.26. The molecular formula is C31H30FN4O. The van der Waals surface area contributed by atoms with Crippen molar-refractivity contribution in [2.24, 2.45) is 4.99 Å². The molecule has 1 atom stereocenters. The Morgan fingerprint density at radius 1 is 1.27 bits per heavy atom. The Hall–Kier alpha value is -3.93. The molecule has 0 bridgehead atoms. The Labute approximate surface area is 217 Å². The number of hydrogen-bond donors (Lipinski definition) is 2. The van der Waals surface area contributed by atoms with Crippen LogP contribution in [0.25, 0.3) is 0 Å². The largest absolute Gasteiger partial charge is 0.348 e. The van der Waals surface area contributed by atoms with E-state index < -0.39 is 5.67 Å². The molecule has 2 heterocycles. The highest BCUT2D eigenvalue weighted by atomic mass is 19.1. The summed E-state index contributed by atoms with van der Waals surface area (Å²) in [5.74, 6) is 0.258. The third kappa shape index (κ3) is 4.88. The molecule has 0 saturated heterocycles. The number of aromatic nitrogens is 1. The van der Waals surface area contributed by atoms with Crippen LogP contribution in [0.2, 0.25) is 0 Å². The number of amides is 1. The molecule has 187 valence electrons. The van der Waals surface area contributed by atoms with E-state index in [1.54, 1.807) is 37.3 Å². The van der Waals surface area contributed by atoms with Crippen LogP contribution in [0.15, 0.2) is 88.6 Å². The Kier molecular flexibility index (Phi) is 5.63. The molecule has 1 aromatic carbocycles. The van der Waals surface area contributed by atoms with Crippen LogP contribution in [0.5, 0.6) is 0 Å². The molecule has 37 heavy (non-hydrogen) atoms. The maximum Gasteiger partial charge on any atom is 0.251 e. The smallest absolute Gasteiger partial charge is 0.251 e. The van der Waals surface area contributed by atoms with E-state index in [9.17, 15) is 4.79 Å². The molecule has 0 spiro atoms. The number of dihydropyridines is 1. The van der Waals surface area contributed by atoms with Gasteiger partial charge in [-0.05, 0) is 85.4 Å². The average Bonchev–Trinajstić information content (AvgIpc) is 3.81. The molecule has 5 nitrogen and oxygen atoms in total. The van der Waals surface area contributed by atoms with Gasteiger partial charge in [0.05, 0.1) is 22.8 Å². The minimum absolute atomic E-state index is 0. The first-order chi connectivity index (χ1) is 17.8. The van der Waals surface area contributed by atoms with Gasteiger partial charge in [-0.2, -0.15) is 0 Å². The van der Waals surface area contributed by atoms with Crippen molar-refractivity contribution in [1.29, 1.82) is 5.41 Å². The number of alkyl halides is 1. The fourth-order valence-corrected chi connectivity index (χ4v) is 4.99. The highest BCUT2D eigenvalue weighted by Gasteiger charge is 2.39. The third-order valence-electron chi connectivity index (χ3n) is 7.28. The standard InChI is InChI=1S/C31H28FN4O.H2/c1-18(12-29-25(33)10-11-28(36-29)27-5-3-4-26(35-27)19-6-7-19)17-34-30(37)21-9-8-20-13-22-14-23(22)16-31(2,32)24(20)15-21;/h3-5,8-12,14-15,19,33H,1,6-7,13,16-17H2,2H3,(H,34,37);1H/b29-12+,33-25?;/t31-;/m1./s1. The van der Waals surface area contributed by atoms with Crippen molar-refractivity contribution in [2.75, 3.05) is 6.54 Å². The number of halogens is 1. The summed E-state index contributed by atoms with van der Waals surface area (Å²) in [5.41, 5.74) is 6.68. The normalized spacial score (nSPS) is 23.2. The van der Waals surface area contributed by atoms with Crippen LogP contribution in [0.3, 0.4) is 0 Å². The van der Waals surface area contributed by atoms with Gasteiger partial charge in [-0.15, -0.1) is 0 Å². The second kappa shape index (κ2) is 8.87. The van der Waals surface area contributed by atoms with Gasteiger partial charge in [0.15, 0.2) is 0 Å². The first-order valence-corrected chi connectivity index (χ1v) is 12.7. The predicted molar refractivity (Wildman–Crippen MR) is 146 cm³/mol. The zero-order valence-electron chi connectivity index (χ0n) is 20.8. The fraction of sp³-hybridized carbons (Fsp3) is 0.258. The molecule has 2 N–H and O–H groups in total. The monoisotopic (exact) mass is 493 g/mol. The molecule has 1 radical (unpaired) electrons. The number of nitrogens with one attached hydrogen (secondary N) is 2. The lowest BCUT2D eigenvalue weighted by molar-refractivity contribution is 0.0957. The van der Waals surface area contributed by atoms with Crippen molar-refractivity contribution in [3.05, 3.63) is 118 Å². The van der Waals surface area contributed by atoms with Crippen LogP contribution in [-0.2, 0) is 12.1 Å². The summed E-state index contributed by atoms with van der Waals surface area (Å²) in [6.07, 6.45) is 10.7. The summed E-state index contributed by atoms with van der Waals surface area (Å²) in [5, 5.41) is 11.1. The first-order valence-electron chi connectivity index (χ1n) is 12.7. The second-order valence-corrected chi connectivity index (χ2v) is 10.5. The maximum absolute atomic E-state index is 15.4. The number of carbonyl (C=O) groups excluding carboxylic acids is 1. The molecule has 2 aromatic rings. The van der Waals surface area contributed by atoms with Crippen molar-refractivity contribution < 1.29 is 10.6 Å². The number of aliphatic imine (C=N–C) groups is 1. The van der Waals surface area contributed by atoms with Gasteiger partial charge in [-0.3, -0.25) is 15.2 Å². The average molecular weight is 494 g/mol. The molecular weight excluding hydrogens is 463 g/mol. The van der Waals surface area contributed by atoms with E-state index in [2.05, 4.69) is 29.4 Å². The molecule has 1 aromatic heterocycles. The summed E-state index contributed by atoms with van der Waals surface area (Å²) in [4.78, 5) is 22.3. The summed E-state index contributed by atoms with van der Waals surface area (Å²) in [6.45, 7) is 5.82. The van der Waals surface area contributed by atoms with Crippen LogP contribution in [0.4, 0.5) is 4.39 Å². The molecule has 1 amide bonds. The number of benzene rings is 1. The van der Waals surface area contributed by atoms with E-state index in [1.807, 2.05) is 18.2 Å². The zero-order valence-corrected chi connectivity index (χ0v) is 20.8. The zero-order chi connectivity index (χ0) is 25.7. The Morgan fingerprint density at radius 3 is 2.92 bits per heavy atom. The van der Waals surface area contributed by atoms with Gasteiger partial charge >= 0.3 is 0 Å². The minimum Gasteiger partial charge on any atom is -0.348 e. The van der Waals surface area contributed by atoms with Gasteiger partial charge in [0.1, 0.15) is 5.67 Å². The highest BCUT2D eigenvalue weighted by molar-refractivity contribution is 6.19. The van der Waals surface area contributed by atoms with Gasteiger partial charge in [0, 0.05) is 38.0 Å². The van der Waals surface area contributed by atoms with Crippen molar-refractivity contribution in [3.8, 4) is 0 Å². The van der Waals surface area contributed by atoms with E-state index in [0.29, 0.717) is 40.4 Å². The lowest BCUT2D eigenvalue weighted by atomic mass is 9.87. The molecule has 6 heteroatoms. The Morgan fingerprint density at radius 2 is 2.11 bits per heavy atom. The number of pyridine rings is 1. The first kappa shape index (κ1) is 23.5. The van der Waals surface area contributed by atoms with Crippen molar-refractivity contribution in [1.82, 2.24) is 10.3 Å². The molecule has 1 fully saturated rings. The van der Waals surface area contributed by atoms with Crippen LogP contribution >= 0.6 is 0 Å². The number of carbonyl (C=O) groups is 1. The summed E-state index contributed by atoms with van der Waals surface area (Å²) in [6, 6.07) is 11.3. The quantitative estimate of drug-likeness (QED) is 0.510. The van der Waals surface area contributed by atoms with Gasteiger partial charge in [-0.1, -0.05) is 29.9 Å². The second-order valence-electron chi connectivity index (χ2n) is 10.5. The molecule has 0 unspecified atom stereocenters. The predicted octanol–water partition coefficient (Wildman–Crippen LogP) is 6.10. The number of rotatable bonds is 6.